The minimum absolute atomic E-state index is 0.0110. The minimum Gasteiger partial charge on any atom is -0.463 e. The van der Waals surface area contributed by atoms with E-state index in [0.29, 0.717) is 17.2 Å². The predicted octanol–water partition coefficient (Wildman–Crippen LogP) is 4.44. The lowest BCUT2D eigenvalue weighted by Crippen LogP contribution is -2.03. The number of nitro groups is 1. The Morgan fingerprint density at radius 3 is 2.42 bits per heavy atom. The van der Waals surface area contributed by atoms with Gasteiger partial charge in [0.25, 0.3) is 5.69 Å². The van der Waals surface area contributed by atoms with Crippen LogP contribution in [0.5, 0.6) is 0 Å². The molecule has 0 fully saturated rings. The Morgan fingerprint density at radius 1 is 1.12 bits per heavy atom. The molecule has 2 aromatic rings. The maximum absolute atomic E-state index is 11.6. The van der Waals surface area contributed by atoms with Crippen LogP contribution in [0.4, 0.5) is 5.69 Å². The number of benzene rings is 2. The highest BCUT2D eigenvalue weighted by Gasteiger charge is 2.03. The number of carbonyl (C=O) groups excluding carboxylic acids is 1. The summed E-state index contributed by atoms with van der Waals surface area (Å²) in [6.07, 6.45) is 4.39. The Morgan fingerprint density at radius 2 is 1.79 bits per heavy atom. The minimum atomic E-state index is -0.470. The van der Waals surface area contributed by atoms with Crippen molar-refractivity contribution in [3.05, 3.63) is 80.9 Å². The Kier molecular flexibility index (Phi) is 6.51. The molecule has 0 radical (unpaired) electrons. The van der Waals surface area contributed by atoms with Gasteiger partial charge in [0.05, 0.1) is 11.5 Å². The number of nitro benzene ring substituents is 1. The van der Waals surface area contributed by atoms with Gasteiger partial charge in [-0.1, -0.05) is 23.7 Å². The number of non-ortho nitro benzene ring substituents is 1. The van der Waals surface area contributed by atoms with Gasteiger partial charge in [-0.05, 0) is 54.3 Å². The van der Waals surface area contributed by atoms with Gasteiger partial charge in [0.15, 0.2) is 0 Å². The van der Waals surface area contributed by atoms with Gasteiger partial charge in [-0.2, -0.15) is 0 Å². The van der Waals surface area contributed by atoms with Gasteiger partial charge >= 0.3 is 5.97 Å². The molecule has 0 aromatic heterocycles. The summed E-state index contributed by atoms with van der Waals surface area (Å²) >= 11 is 5.81. The van der Waals surface area contributed by atoms with Crippen molar-refractivity contribution in [3.63, 3.8) is 0 Å². The molecule has 0 aliphatic heterocycles. The van der Waals surface area contributed by atoms with Crippen LogP contribution >= 0.6 is 11.6 Å². The molecule has 0 saturated carbocycles. The number of esters is 1. The summed E-state index contributed by atoms with van der Waals surface area (Å²) in [5.41, 5.74) is 1.84. The molecule has 24 heavy (non-hydrogen) atoms. The van der Waals surface area contributed by atoms with Crippen LogP contribution in [-0.2, 0) is 16.0 Å². The third-order valence-electron chi connectivity index (χ3n) is 3.28. The molecule has 0 bridgehead atoms. The van der Waals surface area contributed by atoms with E-state index in [2.05, 4.69) is 0 Å². The summed E-state index contributed by atoms with van der Waals surface area (Å²) in [5, 5.41) is 11.2. The summed E-state index contributed by atoms with van der Waals surface area (Å²) in [6, 6.07) is 13.5. The summed E-state index contributed by atoms with van der Waals surface area (Å²) in [4.78, 5) is 21.7. The second-order valence-corrected chi connectivity index (χ2v) is 5.52. The molecule has 2 rings (SSSR count). The van der Waals surface area contributed by atoms with Crippen LogP contribution in [0, 0.1) is 10.1 Å². The second-order valence-electron chi connectivity index (χ2n) is 5.08. The first kappa shape index (κ1) is 17.7. The molecular weight excluding hydrogens is 330 g/mol. The Hall–Kier alpha value is -2.66. The number of carbonyl (C=O) groups is 1. The molecule has 0 aliphatic carbocycles. The molecule has 124 valence electrons. The Bertz CT molecular complexity index is 724. The first-order valence-corrected chi connectivity index (χ1v) is 7.76. The van der Waals surface area contributed by atoms with E-state index in [1.54, 1.807) is 18.2 Å². The van der Waals surface area contributed by atoms with Gasteiger partial charge in [0.1, 0.15) is 0 Å². The molecule has 0 aliphatic rings. The van der Waals surface area contributed by atoms with Gasteiger partial charge < -0.3 is 4.74 Å². The van der Waals surface area contributed by atoms with Crippen LogP contribution < -0.4 is 0 Å². The lowest BCUT2D eigenvalue weighted by atomic mass is 10.1. The van der Waals surface area contributed by atoms with E-state index in [4.69, 9.17) is 16.3 Å². The number of rotatable bonds is 7. The molecule has 0 heterocycles. The zero-order chi connectivity index (χ0) is 17.4. The van der Waals surface area contributed by atoms with Gasteiger partial charge in [-0.25, -0.2) is 4.79 Å². The van der Waals surface area contributed by atoms with Crippen molar-refractivity contribution in [1.82, 2.24) is 0 Å². The van der Waals surface area contributed by atoms with Gasteiger partial charge in [-0.15, -0.1) is 0 Å². The highest BCUT2D eigenvalue weighted by molar-refractivity contribution is 6.30. The van der Waals surface area contributed by atoms with Gasteiger partial charge in [-0.3, -0.25) is 10.1 Å². The van der Waals surface area contributed by atoms with E-state index in [-0.39, 0.29) is 5.69 Å². The smallest absolute Gasteiger partial charge is 0.330 e. The van der Waals surface area contributed by atoms with E-state index in [0.717, 1.165) is 18.4 Å². The average Bonchev–Trinajstić information content (AvgIpc) is 2.59. The summed E-state index contributed by atoms with van der Waals surface area (Å²) in [7, 11) is 0. The largest absolute Gasteiger partial charge is 0.463 e. The molecule has 0 atom stereocenters. The monoisotopic (exact) mass is 345 g/mol. The maximum atomic E-state index is 11.6. The number of ether oxygens (including phenoxy) is 1. The fraction of sp³-hybridized carbons (Fsp3) is 0.167. The van der Waals surface area contributed by atoms with Gasteiger partial charge in [0.2, 0.25) is 0 Å². The van der Waals surface area contributed by atoms with E-state index in [1.165, 1.54) is 18.2 Å². The summed E-state index contributed by atoms with van der Waals surface area (Å²) < 4.78 is 5.11. The van der Waals surface area contributed by atoms with E-state index < -0.39 is 10.9 Å². The van der Waals surface area contributed by atoms with Crippen LogP contribution in [0.25, 0.3) is 6.08 Å². The Labute approximate surface area is 144 Å². The third-order valence-corrected chi connectivity index (χ3v) is 3.54. The molecule has 0 N–H and O–H groups in total. The number of hydrogen-bond donors (Lipinski definition) is 0. The topological polar surface area (TPSA) is 69.4 Å². The summed E-state index contributed by atoms with van der Waals surface area (Å²) in [5.74, 6) is -0.440. The molecule has 0 unspecified atom stereocenters. The van der Waals surface area contributed by atoms with Crippen LogP contribution in [0.15, 0.2) is 54.6 Å². The normalized spacial score (nSPS) is 10.7. The first-order chi connectivity index (χ1) is 11.5. The van der Waals surface area contributed by atoms with E-state index in [1.807, 2.05) is 24.3 Å². The SMILES string of the molecule is O=C(/C=C/c1ccc([N+](=O)[O-])cc1)OCCCc1ccc(Cl)cc1. The predicted molar refractivity (Wildman–Crippen MR) is 92.9 cm³/mol. The lowest BCUT2D eigenvalue weighted by Gasteiger charge is -2.03. The number of halogens is 1. The van der Waals surface area contributed by atoms with Crippen molar-refractivity contribution in [2.45, 2.75) is 12.8 Å². The van der Waals surface area contributed by atoms with Crippen molar-refractivity contribution >= 4 is 29.3 Å². The van der Waals surface area contributed by atoms with Crippen LogP contribution in [-0.4, -0.2) is 17.5 Å². The molecule has 5 nitrogen and oxygen atoms in total. The zero-order valence-corrected chi connectivity index (χ0v) is 13.6. The molecule has 0 amide bonds. The van der Waals surface area contributed by atoms with Crippen LogP contribution in [0.3, 0.4) is 0 Å². The fourth-order valence-electron chi connectivity index (χ4n) is 2.02. The van der Waals surface area contributed by atoms with E-state index >= 15 is 0 Å². The quantitative estimate of drug-likeness (QED) is 0.244. The highest BCUT2D eigenvalue weighted by atomic mass is 35.5. The van der Waals surface area contributed by atoms with Crippen molar-refractivity contribution < 1.29 is 14.5 Å². The number of hydrogen-bond acceptors (Lipinski definition) is 4. The standard InChI is InChI=1S/C18H16ClNO4/c19-16-8-3-14(4-9-16)2-1-13-24-18(21)12-7-15-5-10-17(11-6-15)20(22)23/h3-12H,1-2,13H2/b12-7+. The molecule has 0 spiro atoms. The van der Waals surface area contributed by atoms with Crippen molar-refractivity contribution in [1.29, 1.82) is 0 Å². The average molecular weight is 346 g/mol. The molecule has 2 aromatic carbocycles. The fourth-order valence-corrected chi connectivity index (χ4v) is 2.15. The molecule has 6 heteroatoms. The van der Waals surface area contributed by atoms with Crippen molar-refractivity contribution in [2.24, 2.45) is 0 Å². The van der Waals surface area contributed by atoms with Crippen LogP contribution in [0.1, 0.15) is 17.5 Å². The zero-order valence-electron chi connectivity index (χ0n) is 12.9. The number of nitrogens with zero attached hydrogens (tertiary/aromatic N) is 1. The van der Waals surface area contributed by atoms with Gasteiger partial charge in [0, 0.05) is 23.2 Å². The first-order valence-electron chi connectivity index (χ1n) is 7.38. The third kappa shape index (κ3) is 5.85. The lowest BCUT2D eigenvalue weighted by molar-refractivity contribution is -0.384. The maximum Gasteiger partial charge on any atom is 0.330 e. The summed E-state index contributed by atoms with van der Waals surface area (Å²) in [6.45, 7) is 0.325. The van der Waals surface area contributed by atoms with Crippen molar-refractivity contribution in [3.8, 4) is 0 Å². The van der Waals surface area contributed by atoms with Crippen molar-refractivity contribution in [2.75, 3.05) is 6.61 Å². The molecular formula is C18H16ClNO4. The second kappa shape index (κ2) is 8.84. The highest BCUT2D eigenvalue weighted by Crippen LogP contribution is 2.13. The molecule has 0 saturated heterocycles. The van der Waals surface area contributed by atoms with Crippen LogP contribution in [0.2, 0.25) is 5.02 Å². The van der Waals surface area contributed by atoms with E-state index in [9.17, 15) is 14.9 Å². The number of aryl methyl sites for hydroxylation is 1. The Balaban J connectivity index is 1.72.